The zero-order valence-electron chi connectivity index (χ0n) is 23.3. The molecule has 3 aromatic carbocycles. The first-order valence-corrected chi connectivity index (χ1v) is 13.3. The first-order valence-electron chi connectivity index (χ1n) is 13.3. The van der Waals surface area contributed by atoms with Gasteiger partial charge >= 0.3 is 0 Å². The fourth-order valence-electron chi connectivity index (χ4n) is 4.94. The van der Waals surface area contributed by atoms with Gasteiger partial charge in [0, 0.05) is 30.4 Å². The number of phenolic OH excluding ortho intramolecular Hbond substituents is 1. The molecule has 1 atom stereocenters. The number of ether oxygens (including phenoxy) is 2. The molecule has 0 aromatic heterocycles. The van der Waals surface area contributed by atoms with Crippen molar-refractivity contribution in [3.05, 3.63) is 82.9 Å². The van der Waals surface area contributed by atoms with Gasteiger partial charge in [0.2, 0.25) is 0 Å². The Kier molecular flexibility index (Phi) is 8.33. The summed E-state index contributed by atoms with van der Waals surface area (Å²) in [5.41, 5.74) is 6.44. The minimum atomic E-state index is -0.0273. The highest BCUT2D eigenvalue weighted by atomic mass is 16.5. The lowest BCUT2D eigenvalue weighted by Crippen LogP contribution is -2.43. The molecule has 0 fully saturated rings. The number of phenols is 1. The third-order valence-electron chi connectivity index (χ3n) is 7.92. The van der Waals surface area contributed by atoms with Gasteiger partial charge in [-0.3, -0.25) is 0 Å². The van der Waals surface area contributed by atoms with Gasteiger partial charge in [-0.05, 0) is 113 Å². The maximum atomic E-state index is 9.89. The van der Waals surface area contributed by atoms with Crippen LogP contribution in [0.4, 0.5) is 5.69 Å². The second-order valence-corrected chi connectivity index (χ2v) is 11.0. The summed E-state index contributed by atoms with van der Waals surface area (Å²) in [6.07, 6.45) is 3.04. The van der Waals surface area contributed by atoms with Crippen LogP contribution in [0, 0.1) is 0 Å². The van der Waals surface area contributed by atoms with Crippen LogP contribution >= 0.6 is 0 Å². The predicted octanol–water partition coefficient (Wildman–Crippen LogP) is 6.42. The Bertz CT molecular complexity index is 1190. The van der Waals surface area contributed by atoms with E-state index in [1.807, 2.05) is 12.1 Å². The molecule has 0 amide bonds. The van der Waals surface area contributed by atoms with Crippen LogP contribution in [-0.4, -0.2) is 49.9 Å². The van der Waals surface area contributed by atoms with Crippen LogP contribution in [0.25, 0.3) is 0 Å². The molecule has 0 bridgehead atoms. The predicted molar refractivity (Wildman–Crippen MR) is 152 cm³/mol. The van der Waals surface area contributed by atoms with Gasteiger partial charge in [-0.1, -0.05) is 24.3 Å². The van der Waals surface area contributed by atoms with E-state index in [4.69, 9.17) is 9.47 Å². The minimum absolute atomic E-state index is 0.0273. The van der Waals surface area contributed by atoms with Crippen LogP contribution in [0.15, 0.2) is 60.7 Å². The summed E-state index contributed by atoms with van der Waals surface area (Å²) < 4.78 is 11.7. The molecule has 1 aliphatic carbocycles. The Labute approximate surface area is 222 Å². The lowest BCUT2D eigenvalue weighted by Gasteiger charge is -2.32. The summed E-state index contributed by atoms with van der Waals surface area (Å²) in [6, 6.07) is 20.8. The molecular weight excluding hydrogens is 460 g/mol. The van der Waals surface area contributed by atoms with Crippen molar-refractivity contribution in [1.82, 2.24) is 4.90 Å². The average molecular weight is 503 g/mol. The number of fused-ring (bicyclic) bond motifs is 1. The zero-order chi connectivity index (χ0) is 26.6. The van der Waals surface area contributed by atoms with Crippen molar-refractivity contribution in [3.8, 4) is 17.2 Å². The molecule has 4 rings (SSSR count). The van der Waals surface area contributed by atoms with Crippen molar-refractivity contribution < 1.29 is 14.6 Å². The van der Waals surface area contributed by atoms with Crippen LogP contribution in [0.2, 0.25) is 0 Å². The normalized spacial score (nSPS) is 15.4. The summed E-state index contributed by atoms with van der Waals surface area (Å²) in [4.78, 5) is 4.62. The lowest BCUT2D eigenvalue weighted by atomic mass is 9.79. The summed E-state index contributed by atoms with van der Waals surface area (Å²) in [6.45, 7) is 8.92. The van der Waals surface area contributed by atoms with Crippen molar-refractivity contribution in [2.45, 2.75) is 58.0 Å². The Morgan fingerprint density at radius 1 is 0.946 bits per heavy atom. The second-order valence-electron chi connectivity index (χ2n) is 11.0. The Morgan fingerprint density at radius 2 is 1.68 bits per heavy atom. The number of methoxy groups -OCH3 is 1. The molecular formula is C32H42N2O3. The van der Waals surface area contributed by atoms with Gasteiger partial charge in [-0.25, -0.2) is 0 Å². The van der Waals surface area contributed by atoms with E-state index in [2.05, 4.69) is 93.2 Å². The van der Waals surface area contributed by atoms with Crippen LogP contribution in [0.5, 0.6) is 17.2 Å². The standard InChI is InChI=1S/C32H42N2O3/c1-7-34(21-23-8-14-28(15-9-23)37-22-32(2,3)33(4)5)31-20-29(36-6)16-17-30(31)26-11-10-25-19-27(35)13-12-24(25)18-26/h8-9,12-17,19-20,26,35H,7,10-11,18,21-22H2,1-6H3/t26-/m0/s1. The third kappa shape index (κ3) is 6.40. The van der Waals surface area contributed by atoms with Crippen LogP contribution < -0.4 is 14.4 Å². The number of nitrogens with zero attached hydrogens (tertiary/aromatic N) is 2. The smallest absolute Gasteiger partial charge is 0.120 e. The molecule has 0 spiro atoms. The van der Waals surface area contributed by atoms with Gasteiger partial charge in [0.1, 0.15) is 23.9 Å². The first-order chi connectivity index (χ1) is 17.7. The van der Waals surface area contributed by atoms with Crippen LogP contribution in [0.3, 0.4) is 0 Å². The molecule has 0 aliphatic heterocycles. The third-order valence-corrected chi connectivity index (χ3v) is 7.92. The molecule has 5 nitrogen and oxygen atoms in total. The topological polar surface area (TPSA) is 45.2 Å². The maximum absolute atomic E-state index is 9.89. The number of aromatic hydroxyl groups is 1. The molecule has 0 unspecified atom stereocenters. The number of likely N-dealkylation sites (N-methyl/N-ethyl adjacent to an activating group) is 1. The molecule has 37 heavy (non-hydrogen) atoms. The minimum Gasteiger partial charge on any atom is -0.508 e. The van der Waals surface area contributed by atoms with Gasteiger partial charge in [0.15, 0.2) is 0 Å². The highest BCUT2D eigenvalue weighted by Crippen LogP contribution is 2.40. The van der Waals surface area contributed by atoms with E-state index in [-0.39, 0.29) is 5.54 Å². The van der Waals surface area contributed by atoms with Gasteiger partial charge in [-0.15, -0.1) is 0 Å². The molecule has 1 N–H and O–H groups in total. The molecule has 1 aliphatic rings. The van der Waals surface area contributed by atoms with Crippen molar-refractivity contribution in [2.24, 2.45) is 0 Å². The van der Waals surface area contributed by atoms with E-state index in [0.29, 0.717) is 18.3 Å². The van der Waals surface area contributed by atoms with Gasteiger partial charge < -0.3 is 24.4 Å². The van der Waals surface area contributed by atoms with Crippen molar-refractivity contribution >= 4 is 5.69 Å². The van der Waals surface area contributed by atoms with Crippen LogP contribution in [-0.2, 0) is 19.4 Å². The number of aryl methyl sites for hydroxylation is 1. The van der Waals surface area contributed by atoms with Crippen LogP contribution in [0.1, 0.15) is 55.4 Å². The van der Waals surface area contributed by atoms with Crippen molar-refractivity contribution in [2.75, 3.05) is 39.3 Å². The fraction of sp³-hybridized carbons (Fsp3) is 0.438. The molecule has 5 heteroatoms. The molecule has 0 saturated carbocycles. The Balaban J connectivity index is 1.53. The highest BCUT2D eigenvalue weighted by molar-refractivity contribution is 5.60. The lowest BCUT2D eigenvalue weighted by molar-refractivity contribution is 0.114. The highest BCUT2D eigenvalue weighted by Gasteiger charge is 2.25. The van der Waals surface area contributed by atoms with E-state index < -0.39 is 0 Å². The summed E-state index contributed by atoms with van der Waals surface area (Å²) in [7, 11) is 5.89. The monoisotopic (exact) mass is 502 g/mol. The van der Waals surface area contributed by atoms with E-state index in [0.717, 1.165) is 43.9 Å². The number of anilines is 1. The summed E-state index contributed by atoms with van der Waals surface area (Å²) in [5, 5.41) is 9.89. The average Bonchev–Trinajstić information content (AvgIpc) is 2.90. The molecule has 198 valence electrons. The largest absolute Gasteiger partial charge is 0.508 e. The fourth-order valence-corrected chi connectivity index (χ4v) is 4.94. The van der Waals surface area contributed by atoms with Crippen molar-refractivity contribution in [3.63, 3.8) is 0 Å². The SMILES string of the molecule is CCN(Cc1ccc(OCC(C)(C)N(C)C)cc1)c1cc(OC)ccc1[C@H]1CCc2cc(O)ccc2C1. The first kappa shape index (κ1) is 26.9. The maximum Gasteiger partial charge on any atom is 0.120 e. The van der Waals surface area contributed by atoms with E-state index >= 15 is 0 Å². The van der Waals surface area contributed by atoms with E-state index in [1.165, 1.54) is 27.9 Å². The summed E-state index contributed by atoms with van der Waals surface area (Å²) >= 11 is 0. The molecule has 0 saturated heterocycles. The molecule has 0 heterocycles. The number of hydrogen-bond acceptors (Lipinski definition) is 5. The number of hydrogen-bond donors (Lipinski definition) is 1. The summed E-state index contributed by atoms with van der Waals surface area (Å²) in [5.74, 6) is 2.57. The van der Waals surface area contributed by atoms with E-state index in [1.54, 1.807) is 7.11 Å². The van der Waals surface area contributed by atoms with Gasteiger partial charge in [0.05, 0.1) is 7.11 Å². The second kappa shape index (κ2) is 11.5. The number of benzene rings is 3. The van der Waals surface area contributed by atoms with Gasteiger partial charge in [0.25, 0.3) is 0 Å². The molecule has 3 aromatic rings. The van der Waals surface area contributed by atoms with Gasteiger partial charge in [-0.2, -0.15) is 0 Å². The number of rotatable bonds is 10. The Morgan fingerprint density at radius 3 is 2.35 bits per heavy atom. The van der Waals surface area contributed by atoms with E-state index in [9.17, 15) is 5.11 Å². The quantitative estimate of drug-likeness (QED) is 0.347. The zero-order valence-corrected chi connectivity index (χ0v) is 23.3. The molecule has 0 radical (unpaired) electrons. The van der Waals surface area contributed by atoms with Crippen molar-refractivity contribution in [1.29, 1.82) is 0 Å². The Hall–Kier alpha value is -3.18.